The Kier molecular flexibility index (Phi) is 6.19. The lowest BCUT2D eigenvalue weighted by Crippen LogP contribution is -2.39. The number of nitrogens with one attached hydrogen (secondary N) is 1. The molecule has 0 radical (unpaired) electrons. The van der Waals surface area contributed by atoms with E-state index in [2.05, 4.69) is 26.1 Å². The number of hydrogen-bond acceptors (Lipinski definition) is 1. The molecule has 0 heterocycles. The van der Waals surface area contributed by atoms with Crippen LogP contribution in [-0.4, -0.2) is 12.6 Å². The summed E-state index contributed by atoms with van der Waals surface area (Å²) in [5.41, 5.74) is 0. The van der Waals surface area contributed by atoms with Crippen LogP contribution in [0.4, 0.5) is 0 Å². The van der Waals surface area contributed by atoms with Crippen LogP contribution >= 0.6 is 0 Å². The summed E-state index contributed by atoms with van der Waals surface area (Å²) in [5.74, 6) is 3.97. The molecule has 2 saturated carbocycles. The molecule has 0 saturated heterocycles. The molecule has 0 bridgehead atoms. The van der Waals surface area contributed by atoms with Gasteiger partial charge in [-0.1, -0.05) is 33.6 Å². The maximum Gasteiger partial charge on any atom is 0.00954 e. The fourth-order valence-corrected chi connectivity index (χ4v) is 3.87. The summed E-state index contributed by atoms with van der Waals surface area (Å²) in [6.45, 7) is 8.33. The van der Waals surface area contributed by atoms with Gasteiger partial charge in [0.25, 0.3) is 0 Å². The molecule has 1 heteroatoms. The second kappa shape index (κ2) is 7.67. The zero-order valence-electron chi connectivity index (χ0n) is 13.5. The SMILES string of the molecule is CCCNC(CCC1CC1)C1CCC(C(C)C)CC1. The van der Waals surface area contributed by atoms with E-state index in [0.29, 0.717) is 0 Å². The first kappa shape index (κ1) is 15.4. The smallest absolute Gasteiger partial charge is 0.00954 e. The molecule has 2 fully saturated rings. The number of rotatable bonds is 8. The van der Waals surface area contributed by atoms with Crippen LogP contribution in [0.2, 0.25) is 0 Å². The van der Waals surface area contributed by atoms with Crippen molar-refractivity contribution in [3.05, 3.63) is 0 Å². The summed E-state index contributed by atoms with van der Waals surface area (Å²) in [6.07, 6.45) is 13.2. The van der Waals surface area contributed by atoms with Crippen LogP contribution in [0.5, 0.6) is 0 Å². The monoisotopic (exact) mass is 265 g/mol. The van der Waals surface area contributed by atoms with Gasteiger partial charge in [-0.05, 0) is 75.2 Å². The Morgan fingerprint density at radius 3 is 2.11 bits per heavy atom. The van der Waals surface area contributed by atoms with Crippen LogP contribution in [0, 0.1) is 23.7 Å². The van der Waals surface area contributed by atoms with Crippen molar-refractivity contribution in [2.75, 3.05) is 6.54 Å². The van der Waals surface area contributed by atoms with Gasteiger partial charge < -0.3 is 5.32 Å². The minimum atomic E-state index is 0.827. The lowest BCUT2D eigenvalue weighted by Gasteiger charge is -2.36. The predicted molar refractivity (Wildman–Crippen MR) is 84.3 cm³/mol. The van der Waals surface area contributed by atoms with Gasteiger partial charge >= 0.3 is 0 Å². The molecular formula is C18H35N. The Morgan fingerprint density at radius 2 is 1.58 bits per heavy atom. The molecule has 1 nitrogen and oxygen atoms in total. The van der Waals surface area contributed by atoms with Crippen LogP contribution in [-0.2, 0) is 0 Å². The summed E-state index contributed by atoms with van der Waals surface area (Å²) in [7, 11) is 0. The molecule has 0 aromatic carbocycles. The predicted octanol–water partition coefficient (Wildman–Crippen LogP) is 5.01. The van der Waals surface area contributed by atoms with Gasteiger partial charge in [-0.15, -0.1) is 0 Å². The van der Waals surface area contributed by atoms with Gasteiger partial charge in [-0.2, -0.15) is 0 Å². The lowest BCUT2D eigenvalue weighted by atomic mass is 9.73. The Hall–Kier alpha value is -0.0400. The van der Waals surface area contributed by atoms with Crippen LogP contribution in [0.25, 0.3) is 0 Å². The van der Waals surface area contributed by atoms with Crippen molar-refractivity contribution < 1.29 is 0 Å². The van der Waals surface area contributed by atoms with Crippen LogP contribution in [0.1, 0.15) is 78.6 Å². The Bertz CT molecular complexity index is 236. The highest BCUT2D eigenvalue weighted by atomic mass is 14.9. The van der Waals surface area contributed by atoms with Gasteiger partial charge in [0.1, 0.15) is 0 Å². The highest BCUT2D eigenvalue weighted by Gasteiger charge is 2.30. The molecule has 2 rings (SSSR count). The average Bonchev–Trinajstić information content (AvgIpc) is 3.23. The fraction of sp³-hybridized carbons (Fsp3) is 1.00. The average molecular weight is 265 g/mol. The molecular weight excluding hydrogens is 230 g/mol. The van der Waals surface area contributed by atoms with E-state index in [-0.39, 0.29) is 0 Å². The largest absolute Gasteiger partial charge is 0.314 e. The summed E-state index contributed by atoms with van der Waals surface area (Å²) in [4.78, 5) is 0. The standard InChI is InChI=1S/C18H35N/c1-4-13-19-18(12-7-15-5-6-15)17-10-8-16(9-11-17)14(2)3/h14-19H,4-13H2,1-3H3. The topological polar surface area (TPSA) is 12.0 Å². The third-order valence-electron chi connectivity index (χ3n) is 5.57. The van der Waals surface area contributed by atoms with Crippen molar-refractivity contribution >= 4 is 0 Å². The molecule has 0 spiro atoms. The molecule has 2 aliphatic carbocycles. The first-order valence-corrected chi connectivity index (χ1v) is 8.94. The van der Waals surface area contributed by atoms with Crippen molar-refractivity contribution in [1.82, 2.24) is 5.32 Å². The molecule has 0 aromatic rings. The van der Waals surface area contributed by atoms with Crippen molar-refractivity contribution in [2.24, 2.45) is 23.7 Å². The quantitative estimate of drug-likeness (QED) is 0.650. The highest BCUT2D eigenvalue weighted by Crippen LogP contribution is 2.38. The van der Waals surface area contributed by atoms with E-state index in [1.165, 1.54) is 64.3 Å². The van der Waals surface area contributed by atoms with Gasteiger partial charge in [0, 0.05) is 6.04 Å². The van der Waals surface area contributed by atoms with Crippen molar-refractivity contribution in [2.45, 2.75) is 84.6 Å². The van der Waals surface area contributed by atoms with E-state index in [1.807, 2.05) is 0 Å². The number of hydrogen-bond donors (Lipinski definition) is 1. The Morgan fingerprint density at radius 1 is 0.947 bits per heavy atom. The van der Waals surface area contributed by atoms with Gasteiger partial charge in [-0.3, -0.25) is 0 Å². The zero-order chi connectivity index (χ0) is 13.7. The van der Waals surface area contributed by atoms with E-state index >= 15 is 0 Å². The molecule has 0 amide bonds. The van der Waals surface area contributed by atoms with E-state index in [0.717, 1.165) is 29.7 Å². The van der Waals surface area contributed by atoms with Gasteiger partial charge in [0.05, 0.1) is 0 Å². The molecule has 2 aliphatic rings. The molecule has 1 N–H and O–H groups in total. The van der Waals surface area contributed by atoms with Crippen LogP contribution in [0.15, 0.2) is 0 Å². The molecule has 1 atom stereocenters. The highest BCUT2D eigenvalue weighted by molar-refractivity contribution is 4.85. The summed E-state index contributed by atoms with van der Waals surface area (Å²) < 4.78 is 0. The second-order valence-corrected chi connectivity index (χ2v) is 7.50. The summed E-state index contributed by atoms with van der Waals surface area (Å²) in [5, 5.41) is 3.87. The van der Waals surface area contributed by atoms with E-state index < -0.39 is 0 Å². The molecule has 0 aromatic heterocycles. The maximum atomic E-state index is 3.87. The Labute approximate surface area is 120 Å². The van der Waals surface area contributed by atoms with Crippen LogP contribution in [0.3, 0.4) is 0 Å². The summed E-state index contributed by atoms with van der Waals surface area (Å²) in [6, 6.07) is 0.827. The van der Waals surface area contributed by atoms with Crippen molar-refractivity contribution in [3.8, 4) is 0 Å². The summed E-state index contributed by atoms with van der Waals surface area (Å²) >= 11 is 0. The van der Waals surface area contributed by atoms with Gasteiger partial charge in [0.2, 0.25) is 0 Å². The van der Waals surface area contributed by atoms with E-state index in [1.54, 1.807) is 0 Å². The van der Waals surface area contributed by atoms with Crippen LogP contribution < -0.4 is 5.32 Å². The van der Waals surface area contributed by atoms with Gasteiger partial charge in [-0.25, -0.2) is 0 Å². The normalized spacial score (nSPS) is 29.7. The minimum Gasteiger partial charge on any atom is -0.314 e. The van der Waals surface area contributed by atoms with Crippen molar-refractivity contribution in [1.29, 1.82) is 0 Å². The first-order chi connectivity index (χ1) is 9.20. The third-order valence-corrected chi connectivity index (χ3v) is 5.57. The Balaban J connectivity index is 1.76. The van der Waals surface area contributed by atoms with Gasteiger partial charge in [0.15, 0.2) is 0 Å². The first-order valence-electron chi connectivity index (χ1n) is 8.94. The second-order valence-electron chi connectivity index (χ2n) is 7.50. The molecule has 0 aliphatic heterocycles. The van der Waals surface area contributed by atoms with E-state index in [4.69, 9.17) is 0 Å². The molecule has 112 valence electrons. The van der Waals surface area contributed by atoms with E-state index in [9.17, 15) is 0 Å². The van der Waals surface area contributed by atoms with Crippen molar-refractivity contribution in [3.63, 3.8) is 0 Å². The minimum absolute atomic E-state index is 0.827. The third kappa shape index (κ3) is 5.10. The molecule has 1 unspecified atom stereocenters. The maximum absolute atomic E-state index is 3.87. The zero-order valence-corrected chi connectivity index (χ0v) is 13.5. The fourth-order valence-electron chi connectivity index (χ4n) is 3.87. The lowest BCUT2D eigenvalue weighted by molar-refractivity contribution is 0.181. The molecule has 19 heavy (non-hydrogen) atoms.